The molecule has 0 aliphatic rings. The molecule has 108 valence electrons. The zero-order valence-corrected chi connectivity index (χ0v) is 11.8. The van der Waals surface area contributed by atoms with Gasteiger partial charge in [-0.05, 0) is 18.1 Å². The molecule has 0 spiro atoms. The van der Waals surface area contributed by atoms with Crippen LogP contribution in [0.15, 0.2) is 34.9 Å². The van der Waals surface area contributed by atoms with Gasteiger partial charge in [-0.15, -0.1) is 0 Å². The summed E-state index contributed by atoms with van der Waals surface area (Å²) in [5.74, 6) is 0.490. The molecule has 1 aromatic heterocycles. The lowest BCUT2D eigenvalue weighted by atomic mass is 10.1. The van der Waals surface area contributed by atoms with Crippen LogP contribution in [0.25, 0.3) is 0 Å². The Bertz CT molecular complexity index is 671. The number of nitrogens with one attached hydrogen (secondary N) is 1. The maximum absolute atomic E-state index is 11.8. The highest BCUT2D eigenvalue weighted by Crippen LogP contribution is 2.18. The Morgan fingerprint density at radius 2 is 2.24 bits per heavy atom. The van der Waals surface area contributed by atoms with Gasteiger partial charge in [-0.25, -0.2) is 0 Å². The number of carbonyl (C=O) groups excluding carboxylic acids is 1. The van der Waals surface area contributed by atoms with Crippen LogP contribution in [-0.2, 0) is 4.79 Å². The third kappa shape index (κ3) is 3.83. The van der Waals surface area contributed by atoms with E-state index in [1.165, 1.54) is 0 Å². The van der Waals surface area contributed by atoms with Crippen molar-refractivity contribution < 1.29 is 14.1 Å². The normalized spacial score (nSPS) is 10.2. The van der Waals surface area contributed by atoms with Crippen LogP contribution < -0.4 is 10.1 Å². The number of anilines is 1. The number of nitriles is 1. The van der Waals surface area contributed by atoms with E-state index in [9.17, 15) is 4.79 Å². The summed E-state index contributed by atoms with van der Waals surface area (Å²) in [6.07, 6.45) is 0. The van der Waals surface area contributed by atoms with E-state index in [4.69, 9.17) is 14.5 Å². The fraction of sp³-hybridized carbons (Fsp3) is 0.267. The van der Waals surface area contributed by atoms with Gasteiger partial charge in [0.15, 0.2) is 6.61 Å². The predicted molar refractivity (Wildman–Crippen MR) is 75.9 cm³/mol. The molecule has 1 amide bonds. The van der Waals surface area contributed by atoms with Crippen molar-refractivity contribution in [2.45, 2.75) is 19.8 Å². The zero-order chi connectivity index (χ0) is 15.2. The summed E-state index contributed by atoms with van der Waals surface area (Å²) in [5, 5.41) is 15.3. The fourth-order valence-electron chi connectivity index (χ4n) is 1.62. The largest absolute Gasteiger partial charge is 0.482 e. The molecule has 2 aromatic rings. The van der Waals surface area contributed by atoms with E-state index >= 15 is 0 Å². The lowest BCUT2D eigenvalue weighted by Crippen LogP contribution is -2.20. The van der Waals surface area contributed by atoms with Crippen molar-refractivity contribution in [3.05, 3.63) is 41.6 Å². The van der Waals surface area contributed by atoms with Crippen molar-refractivity contribution in [3.8, 4) is 11.8 Å². The quantitative estimate of drug-likeness (QED) is 0.912. The molecule has 0 atom stereocenters. The number of nitrogens with zero attached hydrogens (tertiary/aromatic N) is 2. The van der Waals surface area contributed by atoms with Crippen molar-refractivity contribution in [3.63, 3.8) is 0 Å². The fourth-order valence-corrected chi connectivity index (χ4v) is 1.62. The molecule has 0 saturated carbocycles. The number of carbonyl (C=O) groups is 1. The van der Waals surface area contributed by atoms with Crippen LogP contribution in [0.5, 0.6) is 5.75 Å². The Hall–Kier alpha value is -2.81. The van der Waals surface area contributed by atoms with E-state index in [0.717, 1.165) is 5.69 Å². The first-order valence-corrected chi connectivity index (χ1v) is 6.48. The average Bonchev–Trinajstić information content (AvgIpc) is 2.94. The minimum atomic E-state index is -0.380. The summed E-state index contributed by atoms with van der Waals surface area (Å²) in [6, 6.07) is 10.4. The SMILES string of the molecule is CC(C)c1cc(NC(=O)COc2ccccc2C#N)on1. The molecule has 6 nitrogen and oxygen atoms in total. The molecule has 0 aliphatic carbocycles. The second-order valence-electron chi connectivity index (χ2n) is 4.72. The predicted octanol–water partition coefficient (Wildman–Crippen LogP) is 2.69. The minimum Gasteiger partial charge on any atom is -0.482 e. The Labute approximate surface area is 122 Å². The van der Waals surface area contributed by atoms with Gasteiger partial charge in [-0.2, -0.15) is 5.26 Å². The first-order chi connectivity index (χ1) is 10.1. The summed E-state index contributed by atoms with van der Waals surface area (Å²) >= 11 is 0. The summed E-state index contributed by atoms with van der Waals surface area (Å²) in [6.45, 7) is 3.74. The summed E-state index contributed by atoms with van der Waals surface area (Å²) in [5.41, 5.74) is 1.15. The van der Waals surface area contributed by atoms with Gasteiger partial charge in [0.05, 0.1) is 11.3 Å². The molecule has 1 N–H and O–H groups in total. The van der Waals surface area contributed by atoms with Crippen LogP contribution in [0.1, 0.15) is 31.0 Å². The van der Waals surface area contributed by atoms with Gasteiger partial charge in [-0.1, -0.05) is 31.1 Å². The Morgan fingerprint density at radius 1 is 1.48 bits per heavy atom. The molecule has 0 unspecified atom stereocenters. The molecule has 6 heteroatoms. The maximum Gasteiger partial charge on any atom is 0.264 e. The van der Waals surface area contributed by atoms with Gasteiger partial charge < -0.3 is 9.26 Å². The first kappa shape index (κ1) is 14.6. The van der Waals surface area contributed by atoms with Crippen LogP contribution in [0.4, 0.5) is 5.88 Å². The highest BCUT2D eigenvalue weighted by atomic mass is 16.5. The molecule has 0 bridgehead atoms. The molecule has 2 rings (SSSR count). The van der Waals surface area contributed by atoms with Crippen LogP contribution in [-0.4, -0.2) is 17.7 Å². The first-order valence-electron chi connectivity index (χ1n) is 6.48. The van der Waals surface area contributed by atoms with Crippen LogP contribution in [0.2, 0.25) is 0 Å². The molecular weight excluding hydrogens is 270 g/mol. The number of hydrogen-bond acceptors (Lipinski definition) is 5. The van der Waals surface area contributed by atoms with E-state index in [1.54, 1.807) is 30.3 Å². The highest BCUT2D eigenvalue weighted by molar-refractivity contribution is 5.90. The lowest BCUT2D eigenvalue weighted by molar-refractivity contribution is -0.118. The average molecular weight is 285 g/mol. The standard InChI is InChI=1S/C15H15N3O3/c1-10(2)12-7-15(21-18-12)17-14(19)9-20-13-6-4-3-5-11(13)8-16/h3-7,10H,9H2,1-2H3,(H,17,19). The van der Waals surface area contributed by atoms with Crippen molar-refractivity contribution in [2.24, 2.45) is 0 Å². The summed E-state index contributed by atoms with van der Waals surface area (Å²) in [4.78, 5) is 11.8. The van der Waals surface area contributed by atoms with E-state index in [1.807, 2.05) is 19.9 Å². The topological polar surface area (TPSA) is 88.1 Å². The third-order valence-electron chi connectivity index (χ3n) is 2.75. The van der Waals surface area contributed by atoms with Gasteiger partial charge in [0, 0.05) is 6.07 Å². The smallest absolute Gasteiger partial charge is 0.264 e. The second-order valence-corrected chi connectivity index (χ2v) is 4.72. The zero-order valence-electron chi connectivity index (χ0n) is 11.8. The second kappa shape index (κ2) is 6.57. The Kier molecular flexibility index (Phi) is 4.57. The molecular formula is C15H15N3O3. The number of aromatic nitrogens is 1. The highest BCUT2D eigenvalue weighted by Gasteiger charge is 2.11. The van der Waals surface area contributed by atoms with Crippen LogP contribution >= 0.6 is 0 Å². The molecule has 0 fully saturated rings. The molecule has 0 saturated heterocycles. The van der Waals surface area contributed by atoms with Crippen molar-refractivity contribution in [2.75, 3.05) is 11.9 Å². The monoisotopic (exact) mass is 285 g/mol. The van der Waals surface area contributed by atoms with Gasteiger partial charge in [0.25, 0.3) is 5.91 Å². The molecule has 0 radical (unpaired) electrons. The minimum absolute atomic E-state index is 0.212. The number of amides is 1. The molecule has 21 heavy (non-hydrogen) atoms. The molecule has 1 aromatic carbocycles. The van der Waals surface area contributed by atoms with E-state index < -0.39 is 0 Å². The van der Waals surface area contributed by atoms with Crippen molar-refractivity contribution in [1.29, 1.82) is 5.26 Å². The number of para-hydroxylation sites is 1. The van der Waals surface area contributed by atoms with Gasteiger partial charge in [-0.3, -0.25) is 10.1 Å². The maximum atomic E-state index is 11.8. The summed E-state index contributed by atoms with van der Waals surface area (Å²) in [7, 11) is 0. The van der Waals surface area contributed by atoms with Crippen LogP contribution in [0.3, 0.4) is 0 Å². The molecule has 1 heterocycles. The van der Waals surface area contributed by atoms with E-state index in [2.05, 4.69) is 10.5 Å². The van der Waals surface area contributed by atoms with Crippen LogP contribution in [0, 0.1) is 11.3 Å². The summed E-state index contributed by atoms with van der Waals surface area (Å²) < 4.78 is 10.3. The lowest BCUT2D eigenvalue weighted by Gasteiger charge is -2.06. The third-order valence-corrected chi connectivity index (χ3v) is 2.75. The Balaban J connectivity index is 1.91. The number of benzene rings is 1. The number of hydrogen-bond donors (Lipinski definition) is 1. The van der Waals surface area contributed by atoms with Gasteiger partial charge >= 0.3 is 0 Å². The van der Waals surface area contributed by atoms with E-state index in [0.29, 0.717) is 11.3 Å². The van der Waals surface area contributed by atoms with Crippen molar-refractivity contribution >= 4 is 11.8 Å². The Morgan fingerprint density at radius 3 is 2.90 bits per heavy atom. The van der Waals surface area contributed by atoms with Gasteiger partial charge in [0.2, 0.25) is 5.88 Å². The number of ether oxygens (including phenoxy) is 1. The van der Waals surface area contributed by atoms with Crippen molar-refractivity contribution in [1.82, 2.24) is 5.16 Å². The van der Waals surface area contributed by atoms with Gasteiger partial charge in [0.1, 0.15) is 11.8 Å². The van der Waals surface area contributed by atoms with E-state index in [-0.39, 0.29) is 24.3 Å². The number of rotatable bonds is 5. The molecule has 0 aliphatic heterocycles.